The van der Waals surface area contributed by atoms with E-state index < -0.39 is 0 Å². The van der Waals surface area contributed by atoms with Gasteiger partial charge in [-0.05, 0) is 42.0 Å². The zero-order chi connectivity index (χ0) is 20.4. The van der Waals surface area contributed by atoms with E-state index in [2.05, 4.69) is 20.9 Å². The molecule has 1 aliphatic rings. The van der Waals surface area contributed by atoms with Crippen molar-refractivity contribution in [1.29, 1.82) is 0 Å². The molecule has 2 heterocycles. The molecule has 0 bridgehead atoms. The summed E-state index contributed by atoms with van der Waals surface area (Å²) in [5.74, 6) is -0.0713. The number of piperazine rings is 1. The molecular formula is C21H19BrN4O2S. The number of halogens is 1. The molecule has 1 aromatic heterocycles. The van der Waals surface area contributed by atoms with E-state index in [0.717, 1.165) is 20.3 Å². The summed E-state index contributed by atoms with van der Waals surface area (Å²) in [5, 5.41) is 0.493. The van der Waals surface area contributed by atoms with Gasteiger partial charge in [-0.3, -0.25) is 9.59 Å². The van der Waals surface area contributed by atoms with Crippen LogP contribution in [0.3, 0.4) is 0 Å². The Hall–Kier alpha value is -2.71. The topological polar surface area (TPSA) is 79.5 Å². The molecule has 1 saturated heterocycles. The number of aromatic nitrogens is 1. The second-order valence-electron chi connectivity index (χ2n) is 6.74. The Morgan fingerprint density at radius 1 is 1.03 bits per heavy atom. The molecule has 1 fully saturated rings. The Morgan fingerprint density at radius 2 is 1.72 bits per heavy atom. The van der Waals surface area contributed by atoms with Gasteiger partial charge in [0.15, 0.2) is 5.13 Å². The minimum absolute atomic E-state index is 0.0311. The Labute approximate surface area is 180 Å². The smallest absolute Gasteiger partial charge is 0.254 e. The highest BCUT2D eigenvalue weighted by Gasteiger charge is 2.24. The van der Waals surface area contributed by atoms with Crippen molar-refractivity contribution in [2.45, 2.75) is 0 Å². The molecule has 3 aromatic rings. The molecule has 6 nitrogen and oxygen atoms in total. The molecule has 0 radical (unpaired) electrons. The summed E-state index contributed by atoms with van der Waals surface area (Å²) in [6, 6.07) is 13.2. The number of hydrogen-bond acceptors (Lipinski definition) is 5. The quantitative estimate of drug-likeness (QED) is 0.592. The van der Waals surface area contributed by atoms with E-state index in [1.165, 1.54) is 11.3 Å². The molecule has 0 spiro atoms. The number of amides is 2. The van der Waals surface area contributed by atoms with E-state index in [0.29, 0.717) is 36.9 Å². The highest BCUT2D eigenvalue weighted by Crippen LogP contribution is 2.25. The van der Waals surface area contributed by atoms with E-state index in [1.54, 1.807) is 21.9 Å². The lowest BCUT2D eigenvalue weighted by atomic mass is 10.1. The van der Waals surface area contributed by atoms with Crippen LogP contribution >= 0.6 is 27.3 Å². The number of fused-ring (bicyclic) bond motifs is 1. The van der Waals surface area contributed by atoms with Crippen LogP contribution < -0.4 is 5.73 Å². The number of carbonyl (C=O) groups excluding carboxylic acids is 2. The SMILES string of the molecule is Nc1nc2ccc(C(=O)N3CCN(C(=O)/C=C/c4ccc(Br)cc4)CC3)cc2s1. The van der Waals surface area contributed by atoms with Gasteiger partial charge in [0.25, 0.3) is 5.91 Å². The molecule has 148 valence electrons. The number of nitrogen functional groups attached to an aromatic ring is 1. The number of carbonyl (C=O) groups is 2. The third-order valence-electron chi connectivity index (χ3n) is 4.82. The van der Waals surface area contributed by atoms with Gasteiger partial charge in [0.2, 0.25) is 5.91 Å². The second-order valence-corrected chi connectivity index (χ2v) is 8.71. The molecule has 2 amide bonds. The van der Waals surface area contributed by atoms with E-state index in [-0.39, 0.29) is 11.8 Å². The van der Waals surface area contributed by atoms with Crippen LogP contribution in [-0.4, -0.2) is 52.8 Å². The molecule has 0 atom stereocenters. The van der Waals surface area contributed by atoms with Crippen molar-refractivity contribution < 1.29 is 9.59 Å². The monoisotopic (exact) mass is 470 g/mol. The number of anilines is 1. The minimum Gasteiger partial charge on any atom is -0.375 e. The summed E-state index contributed by atoms with van der Waals surface area (Å²) in [4.78, 5) is 33.0. The van der Waals surface area contributed by atoms with E-state index >= 15 is 0 Å². The van der Waals surface area contributed by atoms with Crippen molar-refractivity contribution >= 4 is 60.5 Å². The molecule has 0 aliphatic carbocycles. The van der Waals surface area contributed by atoms with Gasteiger partial charge in [-0.25, -0.2) is 4.98 Å². The van der Waals surface area contributed by atoms with Crippen LogP contribution in [0.4, 0.5) is 5.13 Å². The standard InChI is InChI=1S/C21H19BrN4O2S/c22-16-5-1-14(2-6-16)3-8-19(27)25-9-11-26(12-10-25)20(28)15-4-7-17-18(13-15)29-21(23)24-17/h1-8,13H,9-12H2,(H2,23,24)/b8-3+. The first kappa shape index (κ1) is 19.6. The number of hydrogen-bond donors (Lipinski definition) is 1. The summed E-state index contributed by atoms with van der Waals surface area (Å²) in [5.41, 5.74) is 8.13. The maximum Gasteiger partial charge on any atom is 0.254 e. The number of thiazole rings is 1. The lowest BCUT2D eigenvalue weighted by Gasteiger charge is -2.34. The zero-order valence-corrected chi connectivity index (χ0v) is 17.9. The van der Waals surface area contributed by atoms with Crippen molar-refractivity contribution in [3.8, 4) is 0 Å². The predicted octanol–water partition coefficient (Wildman–Crippen LogP) is 3.64. The lowest BCUT2D eigenvalue weighted by Crippen LogP contribution is -2.50. The van der Waals surface area contributed by atoms with Gasteiger partial charge in [0.05, 0.1) is 10.2 Å². The molecular weight excluding hydrogens is 452 g/mol. The fourth-order valence-electron chi connectivity index (χ4n) is 3.23. The van der Waals surface area contributed by atoms with Crippen molar-refractivity contribution in [1.82, 2.24) is 14.8 Å². The van der Waals surface area contributed by atoms with E-state index in [4.69, 9.17) is 5.73 Å². The number of rotatable bonds is 3. The Kier molecular flexibility index (Phi) is 5.64. The molecule has 0 unspecified atom stereocenters. The third-order valence-corrected chi connectivity index (χ3v) is 6.19. The van der Waals surface area contributed by atoms with Crippen molar-refractivity contribution in [2.24, 2.45) is 0 Å². The van der Waals surface area contributed by atoms with Gasteiger partial charge in [0, 0.05) is 42.3 Å². The fraction of sp³-hybridized carbons (Fsp3) is 0.190. The fourth-order valence-corrected chi connectivity index (χ4v) is 4.27. The average Bonchev–Trinajstić information content (AvgIpc) is 3.12. The Bertz CT molecular complexity index is 1090. The number of nitrogens with two attached hydrogens (primary N) is 1. The molecule has 2 N–H and O–H groups in total. The highest BCUT2D eigenvalue weighted by atomic mass is 79.9. The summed E-state index contributed by atoms with van der Waals surface area (Å²) in [6.45, 7) is 2.06. The molecule has 2 aromatic carbocycles. The van der Waals surface area contributed by atoms with Gasteiger partial charge < -0.3 is 15.5 Å². The van der Waals surface area contributed by atoms with Crippen LogP contribution in [-0.2, 0) is 4.79 Å². The van der Waals surface area contributed by atoms with Crippen LogP contribution in [0.25, 0.3) is 16.3 Å². The summed E-state index contributed by atoms with van der Waals surface area (Å²) < 4.78 is 1.90. The number of benzene rings is 2. The molecule has 1 aliphatic heterocycles. The van der Waals surface area contributed by atoms with Crippen molar-refractivity contribution in [2.75, 3.05) is 31.9 Å². The van der Waals surface area contributed by atoms with E-state index in [9.17, 15) is 9.59 Å². The maximum absolute atomic E-state index is 12.8. The average molecular weight is 471 g/mol. The molecule has 8 heteroatoms. The zero-order valence-electron chi connectivity index (χ0n) is 15.5. The first-order chi connectivity index (χ1) is 14.0. The Balaban J connectivity index is 1.36. The van der Waals surface area contributed by atoms with Gasteiger partial charge in [0.1, 0.15) is 0 Å². The first-order valence-corrected chi connectivity index (χ1v) is 10.8. The first-order valence-electron chi connectivity index (χ1n) is 9.17. The largest absolute Gasteiger partial charge is 0.375 e. The van der Waals surface area contributed by atoms with Crippen molar-refractivity contribution in [3.63, 3.8) is 0 Å². The molecule has 29 heavy (non-hydrogen) atoms. The minimum atomic E-state index is -0.0402. The highest BCUT2D eigenvalue weighted by molar-refractivity contribution is 9.10. The van der Waals surface area contributed by atoms with Gasteiger partial charge in [-0.2, -0.15) is 0 Å². The van der Waals surface area contributed by atoms with Crippen LogP contribution in [0.15, 0.2) is 53.0 Å². The molecule has 0 saturated carbocycles. The van der Waals surface area contributed by atoms with Gasteiger partial charge >= 0.3 is 0 Å². The molecule has 4 rings (SSSR count). The normalized spacial score (nSPS) is 14.7. The van der Waals surface area contributed by atoms with Crippen molar-refractivity contribution in [3.05, 3.63) is 64.1 Å². The van der Waals surface area contributed by atoms with Crippen LogP contribution in [0.1, 0.15) is 15.9 Å². The van der Waals surface area contributed by atoms with E-state index in [1.807, 2.05) is 42.5 Å². The third kappa shape index (κ3) is 4.49. The lowest BCUT2D eigenvalue weighted by molar-refractivity contribution is -0.127. The second kappa shape index (κ2) is 8.34. The van der Waals surface area contributed by atoms with Gasteiger partial charge in [-0.1, -0.05) is 39.4 Å². The number of nitrogens with zero attached hydrogens (tertiary/aromatic N) is 3. The van der Waals surface area contributed by atoms with Gasteiger partial charge in [-0.15, -0.1) is 0 Å². The Morgan fingerprint density at radius 3 is 2.45 bits per heavy atom. The maximum atomic E-state index is 12.8. The summed E-state index contributed by atoms with van der Waals surface area (Å²) in [6.07, 6.45) is 3.39. The van der Waals surface area contributed by atoms with Crippen LogP contribution in [0.5, 0.6) is 0 Å². The summed E-state index contributed by atoms with van der Waals surface area (Å²) in [7, 11) is 0. The van der Waals surface area contributed by atoms with Crippen LogP contribution in [0.2, 0.25) is 0 Å². The summed E-state index contributed by atoms with van der Waals surface area (Å²) >= 11 is 4.77. The predicted molar refractivity (Wildman–Crippen MR) is 120 cm³/mol. The van der Waals surface area contributed by atoms with Crippen LogP contribution in [0, 0.1) is 0 Å².